The molecule has 0 radical (unpaired) electrons. The number of fused-ring (bicyclic) bond motifs is 1. The Morgan fingerprint density at radius 3 is 2.71 bits per heavy atom. The van der Waals surface area contributed by atoms with Gasteiger partial charge in [-0.2, -0.15) is 0 Å². The van der Waals surface area contributed by atoms with Crippen molar-refractivity contribution in [2.45, 2.75) is 25.3 Å². The summed E-state index contributed by atoms with van der Waals surface area (Å²) in [5.74, 6) is 1.91. The Kier molecular flexibility index (Phi) is 5.48. The minimum atomic E-state index is 0. The lowest BCUT2D eigenvalue weighted by Crippen LogP contribution is -2.39. The molecule has 2 aliphatic rings. The summed E-state index contributed by atoms with van der Waals surface area (Å²) in [6.07, 6.45) is 3.51. The predicted octanol–water partition coefficient (Wildman–Crippen LogP) is 2.07. The molecule has 0 spiro atoms. The predicted molar refractivity (Wildman–Crippen MR) is 84.6 cm³/mol. The first kappa shape index (κ1) is 16.1. The lowest BCUT2D eigenvalue weighted by Gasteiger charge is -2.29. The highest BCUT2D eigenvalue weighted by atomic mass is 35.5. The van der Waals surface area contributed by atoms with Crippen LogP contribution in [0.3, 0.4) is 0 Å². The van der Waals surface area contributed by atoms with Crippen molar-refractivity contribution in [3.05, 3.63) is 30.3 Å². The van der Waals surface area contributed by atoms with E-state index in [1.54, 1.807) is 0 Å². The number of para-hydroxylation sites is 1. The summed E-state index contributed by atoms with van der Waals surface area (Å²) in [6.45, 7) is 1.79. The topological polar surface area (TPSA) is 55.6 Å². The van der Waals surface area contributed by atoms with Crippen LogP contribution in [0.4, 0.5) is 0 Å². The summed E-state index contributed by atoms with van der Waals surface area (Å²) in [5.41, 5.74) is 6.18. The largest absolute Gasteiger partial charge is 0.484 e. The molecule has 1 saturated heterocycles. The van der Waals surface area contributed by atoms with Crippen LogP contribution in [0.25, 0.3) is 0 Å². The Hall–Kier alpha value is -1.26. The zero-order chi connectivity index (χ0) is 13.9. The number of rotatable bonds is 3. The Morgan fingerprint density at radius 2 is 2.00 bits per heavy atom. The van der Waals surface area contributed by atoms with Gasteiger partial charge in [0.05, 0.1) is 0 Å². The third kappa shape index (κ3) is 3.69. The summed E-state index contributed by atoms with van der Waals surface area (Å²) in [7, 11) is 0. The molecular weight excluding hydrogens is 288 g/mol. The fourth-order valence-electron chi connectivity index (χ4n) is 3.47. The van der Waals surface area contributed by atoms with E-state index in [4.69, 9.17) is 10.5 Å². The van der Waals surface area contributed by atoms with Gasteiger partial charge in [-0.25, -0.2) is 0 Å². The number of ether oxygens (including phenoxy) is 1. The molecule has 116 valence electrons. The van der Waals surface area contributed by atoms with Crippen molar-refractivity contribution in [1.82, 2.24) is 4.90 Å². The van der Waals surface area contributed by atoms with Crippen LogP contribution in [0.5, 0.6) is 5.75 Å². The number of hydrogen-bond acceptors (Lipinski definition) is 3. The number of likely N-dealkylation sites (tertiary alicyclic amines) is 1. The molecular formula is C16H23ClN2O2. The van der Waals surface area contributed by atoms with E-state index >= 15 is 0 Å². The first-order chi connectivity index (χ1) is 9.74. The molecule has 1 aromatic carbocycles. The molecule has 1 aliphatic heterocycles. The van der Waals surface area contributed by atoms with Crippen LogP contribution in [-0.4, -0.2) is 36.5 Å². The first-order valence-corrected chi connectivity index (χ1v) is 7.45. The van der Waals surface area contributed by atoms with Crippen molar-refractivity contribution >= 4 is 18.3 Å². The molecule has 2 N–H and O–H groups in total. The molecule has 3 rings (SSSR count). The first-order valence-electron chi connectivity index (χ1n) is 7.45. The molecule has 1 heterocycles. The fourth-order valence-corrected chi connectivity index (χ4v) is 3.47. The van der Waals surface area contributed by atoms with Crippen LogP contribution in [0.15, 0.2) is 30.3 Å². The molecule has 1 aromatic rings. The molecule has 3 unspecified atom stereocenters. The van der Waals surface area contributed by atoms with Crippen molar-refractivity contribution in [3.8, 4) is 5.75 Å². The van der Waals surface area contributed by atoms with E-state index in [0.717, 1.165) is 25.3 Å². The van der Waals surface area contributed by atoms with Gasteiger partial charge >= 0.3 is 0 Å². The number of amides is 1. The maximum absolute atomic E-state index is 12.2. The zero-order valence-electron chi connectivity index (χ0n) is 12.1. The molecule has 0 bridgehead atoms. The normalized spacial score (nSPS) is 27.7. The van der Waals surface area contributed by atoms with Crippen LogP contribution in [-0.2, 0) is 4.79 Å². The van der Waals surface area contributed by atoms with E-state index in [-0.39, 0.29) is 31.0 Å². The van der Waals surface area contributed by atoms with Gasteiger partial charge in [-0.15, -0.1) is 12.4 Å². The minimum absolute atomic E-state index is 0. The van der Waals surface area contributed by atoms with Crippen molar-refractivity contribution < 1.29 is 9.53 Å². The number of benzene rings is 1. The Labute approximate surface area is 132 Å². The molecule has 21 heavy (non-hydrogen) atoms. The number of nitrogens with zero attached hydrogens (tertiary/aromatic N) is 1. The molecule has 3 atom stereocenters. The van der Waals surface area contributed by atoms with Crippen molar-refractivity contribution in [2.75, 3.05) is 19.7 Å². The maximum Gasteiger partial charge on any atom is 0.260 e. The summed E-state index contributed by atoms with van der Waals surface area (Å²) < 4.78 is 5.54. The highest BCUT2D eigenvalue weighted by Crippen LogP contribution is 2.35. The third-order valence-corrected chi connectivity index (χ3v) is 4.61. The minimum Gasteiger partial charge on any atom is -0.484 e. The van der Waals surface area contributed by atoms with Crippen LogP contribution in [0.1, 0.15) is 19.3 Å². The number of carbonyl (C=O) groups is 1. The van der Waals surface area contributed by atoms with Gasteiger partial charge in [-0.05, 0) is 36.8 Å². The third-order valence-electron chi connectivity index (χ3n) is 4.61. The molecule has 1 saturated carbocycles. The van der Waals surface area contributed by atoms with E-state index < -0.39 is 0 Å². The molecule has 1 aliphatic carbocycles. The second-order valence-corrected chi connectivity index (χ2v) is 5.92. The van der Waals surface area contributed by atoms with Crippen LogP contribution in [0.2, 0.25) is 0 Å². The molecule has 5 heteroatoms. The quantitative estimate of drug-likeness (QED) is 0.930. The molecule has 0 aromatic heterocycles. The van der Waals surface area contributed by atoms with E-state index in [1.807, 2.05) is 35.2 Å². The van der Waals surface area contributed by atoms with Crippen LogP contribution in [0, 0.1) is 11.8 Å². The number of halogens is 1. The Morgan fingerprint density at radius 1 is 1.24 bits per heavy atom. The molecule has 4 nitrogen and oxygen atoms in total. The highest BCUT2D eigenvalue weighted by molar-refractivity contribution is 5.85. The average molecular weight is 311 g/mol. The highest BCUT2D eigenvalue weighted by Gasteiger charge is 2.40. The molecule has 1 amide bonds. The number of hydrogen-bond donors (Lipinski definition) is 1. The van der Waals surface area contributed by atoms with Gasteiger partial charge in [0, 0.05) is 19.1 Å². The van der Waals surface area contributed by atoms with E-state index in [1.165, 1.54) is 12.8 Å². The van der Waals surface area contributed by atoms with Crippen LogP contribution >= 0.6 is 12.4 Å². The molecule has 2 fully saturated rings. The van der Waals surface area contributed by atoms with Gasteiger partial charge in [-0.3, -0.25) is 4.79 Å². The van der Waals surface area contributed by atoms with Gasteiger partial charge in [0.25, 0.3) is 5.91 Å². The second-order valence-electron chi connectivity index (χ2n) is 5.92. The summed E-state index contributed by atoms with van der Waals surface area (Å²) in [5, 5.41) is 0. The second kappa shape index (κ2) is 7.14. The monoisotopic (exact) mass is 310 g/mol. The van der Waals surface area contributed by atoms with Gasteiger partial charge in [-0.1, -0.05) is 24.6 Å². The van der Waals surface area contributed by atoms with Gasteiger partial charge in [0.1, 0.15) is 5.75 Å². The lowest BCUT2D eigenvalue weighted by atomic mass is 9.78. The smallest absolute Gasteiger partial charge is 0.260 e. The van der Waals surface area contributed by atoms with Gasteiger partial charge in [0.2, 0.25) is 0 Å². The van der Waals surface area contributed by atoms with Gasteiger partial charge in [0.15, 0.2) is 6.61 Å². The van der Waals surface area contributed by atoms with Crippen molar-refractivity contribution in [2.24, 2.45) is 17.6 Å². The van der Waals surface area contributed by atoms with Crippen molar-refractivity contribution in [3.63, 3.8) is 0 Å². The van der Waals surface area contributed by atoms with E-state index in [2.05, 4.69) is 0 Å². The SMILES string of the molecule is Cl.NC1CCCC2CN(C(=O)COc3ccccc3)CC12. The fraction of sp³-hybridized carbons (Fsp3) is 0.562. The maximum atomic E-state index is 12.2. The number of carbonyl (C=O) groups excluding carboxylic acids is 1. The Balaban J connectivity index is 0.00000161. The van der Waals surface area contributed by atoms with Gasteiger partial charge < -0.3 is 15.4 Å². The van der Waals surface area contributed by atoms with E-state index in [0.29, 0.717) is 11.8 Å². The Bertz CT molecular complexity index is 469. The summed E-state index contributed by atoms with van der Waals surface area (Å²) in [4.78, 5) is 14.2. The standard InChI is InChI=1S/C16H22N2O2.ClH/c17-15-8-4-5-12-9-18(10-14(12)15)16(19)11-20-13-6-2-1-3-7-13;/h1-3,6-7,12,14-15H,4-5,8-11,17H2;1H. The summed E-state index contributed by atoms with van der Waals surface area (Å²) in [6, 6.07) is 9.75. The van der Waals surface area contributed by atoms with Crippen LogP contribution < -0.4 is 10.5 Å². The zero-order valence-corrected chi connectivity index (χ0v) is 12.9. The number of nitrogens with two attached hydrogens (primary N) is 1. The lowest BCUT2D eigenvalue weighted by molar-refractivity contribution is -0.132. The summed E-state index contributed by atoms with van der Waals surface area (Å²) >= 11 is 0. The average Bonchev–Trinajstić information content (AvgIpc) is 2.91. The van der Waals surface area contributed by atoms with Crippen molar-refractivity contribution in [1.29, 1.82) is 0 Å². The van der Waals surface area contributed by atoms with E-state index in [9.17, 15) is 4.79 Å².